The van der Waals surface area contributed by atoms with Gasteiger partial charge in [0, 0.05) is 5.02 Å². The lowest BCUT2D eigenvalue weighted by Crippen LogP contribution is -2.28. The maximum absolute atomic E-state index is 10.5. The van der Waals surface area contributed by atoms with Crippen molar-refractivity contribution < 1.29 is 15.0 Å². The van der Waals surface area contributed by atoms with Crippen LogP contribution in [0.25, 0.3) is 0 Å². The number of aliphatic hydroxyl groups is 1. The first-order valence-electron chi connectivity index (χ1n) is 5.08. The van der Waals surface area contributed by atoms with Gasteiger partial charge in [-0.05, 0) is 37.5 Å². The second-order valence-corrected chi connectivity index (χ2v) is 4.63. The summed E-state index contributed by atoms with van der Waals surface area (Å²) in [5.41, 5.74) is -0.124. The van der Waals surface area contributed by atoms with Gasteiger partial charge in [-0.25, -0.2) is 0 Å². The molecule has 0 spiro atoms. The van der Waals surface area contributed by atoms with E-state index in [0.29, 0.717) is 17.9 Å². The van der Waals surface area contributed by atoms with Crippen LogP contribution in [0, 0.1) is 0 Å². The number of hydrogen-bond acceptors (Lipinski definition) is 2. The first kappa shape index (κ1) is 13.0. The van der Waals surface area contributed by atoms with E-state index in [1.807, 2.05) is 12.1 Å². The van der Waals surface area contributed by atoms with E-state index in [4.69, 9.17) is 16.7 Å². The second kappa shape index (κ2) is 5.32. The molecule has 0 aromatic heterocycles. The van der Waals surface area contributed by atoms with Crippen LogP contribution >= 0.6 is 11.6 Å². The Kier molecular flexibility index (Phi) is 4.33. The van der Waals surface area contributed by atoms with E-state index in [1.54, 1.807) is 12.1 Å². The highest BCUT2D eigenvalue weighted by Crippen LogP contribution is 2.19. The molecule has 0 aliphatic rings. The van der Waals surface area contributed by atoms with Gasteiger partial charge in [0.2, 0.25) is 0 Å². The van der Waals surface area contributed by atoms with Crippen LogP contribution in [-0.2, 0) is 11.2 Å². The SMILES string of the molecule is CC(O)(CCc1ccc(Cl)cc1)CC(=O)O. The third-order valence-electron chi connectivity index (χ3n) is 2.40. The molecule has 3 nitrogen and oxygen atoms in total. The highest BCUT2D eigenvalue weighted by molar-refractivity contribution is 6.30. The Labute approximate surface area is 99.7 Å². The lowest BCUT2D eigenvalue weighted by Gasteiger charge is -2.20. The third-order valence-corrected chi connectivity index (χ3v) is 2.65. The van der Waals surface area contributed by atoms with Crippen LogP contribution in [0.2, 0.25) is 5.02 Å². The van der Waals surface area contributed by atoms with Crippen molar-refractivity contribution in [1.29, 1.82) is 0 Å². The molecule has 0 radical (unpaired) electrons. The predicted molar refractivity (Wildman–Crippen MR) is 62.6 cm³/mol. The van der Waals surface area contributed by atoms with E-state index in [9.17, 15) is 9.90 Å². The largest absolute Gasteiger partial charge is 0.481 e. The zero-order valence-electron chi connectivity index (χ0n) is 9.11. The zero-order chi connectivity index (χ0) is 12.2. The highest BCUT2D eigenvalue weighted by Gasteiger charge is 2.23. The summed E-state index contributed by atoms with van der Waals surface area (Å²) in [5, 5.41) is 19.1. The molecule has 2 N–H and O–H groups in total. The Morgan fingerprint density at radius 1 is 1.38 bits per heavy atom. The maximum Gasteiger partial charge on any atom is 0.306 e. The maximum atomic E-state index is 10.5. The first-order chi connectivity index (χ1) is 7.39. The molecule has 0 bridgehead atoms. The van der Waals surface area contributed by atoms with Crippen LogP contribution in [0.5, 0.6) is 0 Å². The summed E-state index contributed by atoms with van der Waals surface area (Å²) in [7, 11) is 0. The first-order valence-corrected chi connectivity index (χ1v) is 5.45. The van der Waals surface area contributed by atoms with Gasteiger partial charge >= 0.3 is 5.97 Å². The zero-order valence-corrected chi connectivity index (χ0v) is 9.87. The van der Waals surface area contributed by atoms with E-state index in [-0.39, 0.29) is 6.42 Å². The lowest BCUT2D eigenvalue weighted by molar-refractivity contribution is -0.142. The molecule has 0 heterocycles. The fraction of sp³-hybridized carbons (Fsp3) is 0.417. The van der Waals surface area contributed by atoms with Gasteiger partial charge in [0.1, 0.15) is 0 Å². The molecule has 88 valence electrons. The summed E-state index contributed by atoms with van der Waals surface area (Å²) in [6, 6.07) is 7.31. The van der Waals surface area contributed by atoms with Crippen molar-refractivity contribution >= 4 is 17.6 Å². The second-order valence-electron chi connectivity index (χ2n) is 4.19. The van der Waals surface area contributed by atoms with Crippen LogP contribution in [0.1, 0.15) is 25.3 Å². The number of hydrogen-bond donors (Lipinski definition) is 2. The van der Waals surface area contributed by atoms with Crippen LogP contribution in [0.15, 0.2) is 24.3 Å². The van der Waals surface area contributed by atoms with Crippen LogP contribution in [-0.4, -0.2) is 21.8 Å². The third kappa shape index (κ3) is 4.64. The molecule has 0 aliphatic heterocycles. The Bertz CT molecular complexity index is 357. The Morgan fingerprint density at radius 2 is 1.94 bits per heavy atom. The summed E-state index contributed by atoms with van der Waals surface area (Å²) in [6.45, 7) is 1.54. The van der Waals surface area contributed by atoms with Gasteiger partial charge in [-0.2, -0.15) is 0 Å². The Balaban J connectivity index is 2.50. The summed E-state index contributed by atoms with van der Waals surface area (Å²) < 4.78 is 0. The topological polar surface area (TPSA) is 57.5 Å². The predicted octanol–water partition coefficient (Wildman–Crippen LogP) is 2.50. The number of benzene rings is 1. The quantitative estimate of drug-likeness (QED) is 0.834. The van der Waals surface area contributed by atoms with E-state index in [0.717, 1.165) is 5.56 Å². The highest BCUT2D eigenvalue weighted by atomic mass is 35.5. The average molecular weight is 243 g/mol. The molecular weight excluding hydrogens is 228 g/mol. The minimum atomic E-state index is -1.16. The molecule has 16 heavy (non-hydrogen) atoms. The van der Waals surface area contributed by atoms with Crippen molar-refractivity contribution in [3.8, 4) is 0 Å². The van der Waals surface area contributed by atoms with Gasteiger partial charge in [-0.15, -0.1) is 0 Å². The Morgan fingerprint density at radius 3 is 2.44 bits per heavy atom. The van der Waals surface area contributed by atoms with Crippen molar-refractivity contribution in [2.75, 3.05) is 0 Å². The van der Waals surface area contributed by atoms with Crippen molar-refractivity contribution in [3.63, 3.8) is 0 Å². The number of carboxylic acids is 1. The van der Waals surface area contributed by atoms with Crippen LogP contribution < -0.4 is 0 Å². The molecule has 1 atom stereocenters. The standard InChI is InChI=1S/C12H15ClO3/c1-12(16,8-11(14)15)7-6-9-2-4-10(13)5-3-9/h2-5,16H,6-8H2,1H3,(H,14,15). The molecule has 1 aromatic carbocycles. The molecule has 1 rings (SSSR count). The molecule has 4 heteroatoms. The molecule has 0 amide bonds. The number of halogens is 1. The van der Waals surface area contributed by atoms with Crippen molar-refractivity contribution in [2.24, 2.45) is 0 Å². The fourth-order valence-electron chi connectivity index (χ4n) is 1.48. The van der Waals surface area contributed by atoms with Crippen LogP contribution in [0.4, 0.5) is 0 Å². The van der Waals surface area contributed by atoms with Gasteiger partial charge < -0.3 is 10.2 Å². The fourth-order valence-corrected chi connectivity index (χ4v) is 1.60. The number of carboxylic acid groups (broad SMARTS) is 1. The smallest absolute Gasteiger partial charge is 0.306 e. The molecule has 0 saturated heterocycles. The minimum absolute atomic E-state index is 0.236. The van der Waals surface area contributed by atoms with Gasteiger partial charge in [0.25, 0.3) is 0 Å². The number of rotatable bonds is 5. The van der Waals surface area contributed by atoms with Crippen molar-refractivity contribution in [1.82, 2.24) is 0 Å². The van der Waals surface area contributed by atoms with E-state index in [1.165, 1.54) is 6.92 Å². The molecule has 0 aliphatic carbocycles. The van der Waals surface area contributed by atoms with Crippen molar-refractivity contribution in [3.05, 3.63) is 34.9 Å². The van der Waals surface area contributed by atoms with Crippen LogP contribution in [0.3, 0.4) is 0 Å². The van der Waals surface area contributed by atoms with Gasteiger partial charge in [-0.3, -0.25) is 4.79 Å². The van der Waals surface area contributed by atoms with E-state index in [2.05, 4.69) is 0 Å². The molecule has 0 saturated carbocycles. The normalized spacial score (nSPS) is 14.4. The average Bonchev–Trinajstić information content (AvgIpc) is 2.15. The summed E-state index contributed by atoms with van der Waals surface area (Å²) in [5.74, 6) is -0.985. The lowest BCUT2D eigenvalue weighted by atomic mass is 9.94. The number of carbonyl (C=O) groups is 1. The van der Waals surface area contributed by atoms with Gasteiger partial charge in [0.15, 0.2) is 0 Å². The van der Waals surface area contributed by atoms with Gasteiger partial charge in [-0.1, -0.05) is 23.7 Å². The summed E-state index contributed by atoms with van der Waals surface area (Å²) in [6.07, 6.45) is 0.818. The Hall–Kier alpha value is -1.06. The monoisotopic (exact) mass is 242 g/mol. The molecule has 1 unspecified atom stereocenters. The summed E-state index contributed by atoms with van der Waals surface area (Å²) >= 11 is 5.74. The number of aliphatic carboxylic acids is 1. The van der Waals surface area contributed by atoms with Gasteiger partial charge in [0.05, 0.1) is 12.0 Å². The van der Waals surface area contributed by atoms with E-state index < -0.39 is 11.6 Å². The number of aryl methyl sites for hydroxylation is 1. The minimum Gasteiger partial charge on any atom is -0.481 e. The van der Waals surface area contributed by atoms with E-state index >= 15 is 0 Å². The van der Waals surface area contributed by atoms with Crippen molar-refractivity contribution in [2.45, 2.75) is 31.8 Å². The summed E-state index contributed by atoms with van der Waals surface area (Å²) in [4.78, 5) is 10.5. The molecular formula is C12H15ClO3. The molecule has 1 aromatic rings. The molecule has 0 fully saturated rings.